The van der Waals surface area contributed by atoms with Crippen LogP contribution in [0.25, 0.3) is 55.3 Å². The molecule has 0 fully saturated rings. The van der Waals surface area contributed by atoms with Crippen molar-refractivity contribution in [3.8, 4) is 33.4 Å². The summed E-state index contributed by atoms with van der Waals surface area (Å²) < 4.78 is 6.33. The Morgan fingerprint density at radius 1 is 0.286 bits per heavy atom. The number of anilines is 6. The first-order valence-electron chi connectivity index (χ1n) is 26.7. The van der Waals surface area contributed by atoms with Crippen LogP contribution in [0.15, 0.2) is 296 Å². The lowest BCUT2D eigenvalue weighted by atomic mass is 9.64. The number of nitrogens with zero attached hydrogens (tertiary/aromatic N) is 2. The number of furan rings is 1. The third-order valence-corrected chi connectivity index (χ3v) is 16.9. The van der Waals surface area contributed by atoms with Crippen molar-refractivity contribution < 1.29 is 4.42 Å². The maximum absolute atomic E-state index is 6.33. The summed E-state index contributed by atoms with van der Waals surface area (Å²) in [5, 5.41) is 2.23. The van der Waals surface area contributed by atoms with Gasteiger partial charge in [-0.05, 0) is 157 Å². The van der Waals surface area contributed by atoms with Gasteiger partial charge in [-0.1, -0.05) is 212 Å². The number of fused-ring (bicyclic) bond motifs is 15. The summed E-state index contributed by atoms with van der Waals surface area (Å²) >= 11 is 0. The fourth-order valence-corrected chi connectivity index (χ4v) is 13.8. The molecule has 0 unspecified atom stereocenters. The Labute approximate surface area is 447 Å². The van der Waals surface area contributed by atoms with Gasteiger partial charge >= 0.3 is 0 Å². The average Bonchev–Trinajstić information content (AvgIpc) is 4.36. The molecule has 2 aliphatic carbocycles. The lowest BCUT2D eigenvalue weighted by Crippen LogP contribution is -2.36. The van der Waals surface area contributed by atoms with E-state index in [1.54, 1.807) is 0 Å². The summed E-state index contributed by atoms with van der Waals surface area (Å²) in [6.45, 7) is 0. The SMILES string of the molecule is c1ccc(N2c3ccccc3C3(c4ccccc4-c4ccc(N(c5cccc(-c6ccc7oc8ccccc8c7c6)c5)c5ccc6c(c5)C(c5ccccc5)(c5ccccc5)c5ccccc5-6)cc43)c3ccccc32)cc1. The second kappa shape index (κ2) is 16.8. The van der Waals surface area contributed by atoms with Crippen molar-refractivity contribution in [2.45, 2.75) is 10.8 Å². The first-order chi connectivity index (χ1) is 38.2. The Balaban J connectivity index is 0.963. The van der Waals surface area contributed by atoms with E-state index in [-0.39, 0.29) is 0 Å². The van der Waals surface area contributed by atoms with Gasteiger partial charge in [-0.25, -0.2) is 0 Å². The molecule has 3 heteroatoms. The predicted molar refractivity (Wildman–Crippen MR) is 317 cm³/mol. The number of hydrogen-bond donors (Lipinski definition) is 0. The molecule has 3 nitrogen and oxygen atoms in total. The third kappa shape index (κ3) is 6.14. The van der Waals surface area contributed by atoms with E-state index >= 15 is 0 Å². The molecule has 0 radical (unpaired) electrons. The van der Waals surface area contributed by atoms with Crippen LogP contribution in [0.5, 0.6) is 0 Å². The van der Waals surface area contributed by atoms with E-state index in [1.807, 2.05) is 6.07 Å². The molecule has 3 aliphatic rings. The van der Waals surface area contributed by atoms with E-state index in [1.165, 1.54) is 78.1 Å². The van der Waals surface area contributed by atoms with Crippen LogP contribution < -0.4 is 9.80 Å². The van der Waals surface area contributed by atoms with Crippen molar-refractivity contribution >= 4 is 56.1 Å². The quantitative estimate of drug-likeness (QED) is 0.159. The second-order valence-electron chi connectivity index (χ2n) is 20.7. The number of hydrogen-bond acceptors (Lipinski definition) is 3. The lowest BCUT2D eigenvalue weighted by Gasteiger charge is -2.45. The molecular formula is C74H48N2O. The fourth-order valence-electron chi connectivity index (χ4n) is 13.8. The van der Waals surface area contributed by atoms with Crippen molar-refractivity contribution in [2.24, 2.45) is 0 Å². The monoisotopic (exact) mass is 980 g/mol. The summed E-state index contributed by atoms with van der Waals surface area (Å²) in [7, 11) is 0. The second-order valence-corrected chi connectivity index (χ2v) is 20.7. The zero-order valence-electron chi connectivity index (χ0n) is 42.0. The molecule has 1 aromatic heterocycles. The van der Waals surface area contributed by atoms with Gasteiger partial charge in [0.15, 0.2) is 0 Å². The van der Waals surface area contributed by atoms with Gasteiger partial charge in [-0.2, -0.15) is 0 Å². The fraction of sp³-hybridized carbons (Fsp3) is 0.0270. The van der Waals surface area contributed by atoms with Gasteiger partial charge in [0, 0.05) is 33.5 Å². The topological polar surface area (TPSA) is 19.6 Å². The molecule has 1 spiro atoms. The van der Waals surface area contributed by atoms with E-state index in [4.69, 9.17) is 4.42 Å². The molecule has 0 bridgehead atoms. The van der Waals surface area contributed by atoms with Crippen LogP contribution in [0, 0.1) is 0 Å². The Bertz CT molecular complexity index is 4390. The average molecular weight is 981 g/mol. The minimum absolute atomic E-state index is 0.579. The van der Waals surface area contributed by atoms with Gasteiger partial charge in [-0.15, -0.1) is 0 Å². The summed E-state index contributed by atoms with van der Waals surface area (Å²) in [5.41, 5.74) is 24.6. The Kier molecular flexibility index (Phi) is 9.47. The molecule has 16 rings (SSSR count). The zero-order chi connectivity index (χ0) is 50.7. The van der Waals surface area contributed by atoms with Crippen LogP contribution in [-0.2, 0) is 10.8 Å². The zero-order valence-corrected chi connectivity index (χ0v) is 42.0. The van der Waals surface area contributed by atoms with Crippen LogP contribution in [0.2, 0.25) is 0 Å². The van der Waals surface area contributed by atoms with E-state index in [0.717, 1.165) is 55.8 Å². The van der Waals surface area contributed by atoms with Gasteiger partial charge in [-0.3, -0.25) is 0 Å². The lowest BCUT2D eigenvalue weighted by molar-refractivity contribution is 0.669. The Morgan fingerprint density at radius 2 is 0.753 bits per heavy atom. The van der Waals surface area contributed by atoms with Crippen LogP contribution in [0.1, 0.15) is 44.5 Å². The van der Waals surface area contributed by atoms with Crippen molar-refractivity contribution in [1.82, 2.24) is 0 Å². The van der Waals surface area contributed by atoms with Crippen LogP contribution in [-0.4, -0.2) is 0 Å². The maximum Gasteiger partial charge on any atom is 0.135 e. The molecule has 12 aromatic carbocycles. The normalized spacial score (nSPS) is 13.9. The molecule has 0 atom stereocenters. The maximum atomic E-state index is 6.33. The molecule has 1 aliphatic heterocycles. The van der Waals surface area contributed by atoms with Crippen molar-refractivity contribution in [1.29, 1.82) is 0 Å². The van der Waals surface area contributed by atoms with Crippen LogP contribution in [0.3, 0.4) is 0 Å². The van der Waals surface area contributed by atoms with Crippen molar-refractivity contribution in [3.05, 3.63) is 336 Å². The first kappa shape index (κ1) is 43.4. The highest BCUT2D eigenvalue weighted by atomic mass is 16.3. The molecule has 0 amide bonds. The molecule has 77 heavy (non-hydrogen) atoms. The molecule has 0 saturated heterocycles. The van der Waals surface area contributed by atoms with Crippen LogP contribution in [0.4, 0.5) is 34.1 Å². The molecule has 13 aromatic rings. The summed E-state index contributed by atoms with van der Waals surface area (Å²) in [5.74, 6) is 0. The number of rotatable bonds is 7. The highest BCUT2D eigenvalue weighted by Crippen LogP contribution is 2.64. The summed E-state index contributed by atoms with van der Waals surface area (Å²) in [4.78, 5) is 4.96. The van der Waals surface area contributed by atoms with Gasteiger partial charge < -0.3 is 14.2 Å². The van der Waals surface area contributed by atoms with Gasteiger partial charge in [0.2, 0.25) is 0 Å². The molecular weight excluding hydrogens is 933 g/mol. The Morgan fingerprint density at radius 3 is 1.39 bits per heavy atom. The summed E-state index contributed by atoms with van der Waals surface area (Å²) in [6, 6.07) is 108. The van der Waals surface area contributed by atoms with Gasteiger partial charge in [0.1, 0.15) is 11.2 Å². The minimum atomic E-state index is -0.633. The number of benzene rings is 12. The van der Waals surface area contributed by atoms with Crippen molar-refractivity contribution in [3.63, 3.8) is 0 Å². The van der Waals surface area contributed by atoms with Crippen molar-refractivity contribution in [2.75, 3.05) is 9.80 Å². The molecule has 2 heterocycles. The van der Waals surface area contributed by atoms with Crippen LogP contribution >= 0.6 is 0 Å². The molecule has 0 saturated carbocycles. The first-order valence-corrected chi connectivity index (χ1v) is 26.7. The predicted octanol–water partition coefficient (Wildman–Crippen LogP) is 19.2. The molecule has 0 N–H and O–H groups in total. The van der Waals surface area contributed by atoms with Gasteiger partial charge in [0.05, 0.1) is 22.2 Å². The highest BCUT2D eigenvalue weighted by Gasteiger charge is 2.52. The van der Waals surface area contributed by atoms with Gasteiger partial charge in [0.25, 0.3) is 0 Å². The molecule has 360 valence electrons. The third-order valence-electron chi connectivity index (χ3n) is 16.9. The highest BCUT2D eigenvalue weighted by molar-refractivity contribution is 6.06. The standard InChI is InChI=1S/C74H48N2O/c1-4-22-51(23-5-1)73(52-24-6-2-7-25-52)63-32-13-10-29-57(63)59-42-40-55(47-67(59)73)75(54-28-20-21-49(45-54)50-39-44-72-62(46-50)61-31-12-19-38-71(61)77-72)56-41-43-60-58-30-11-14-33-64(58)74(68(60)48-56)65-34-15-17-36-69(65)76(53-26-8-3-9-27-53)70-37-18-16-35-66(70)74/h1-48H. The Hall–Kier alpha value is -9.96. The number of para-hydroxylation sites is 4. The van der Waals surface area contributed by atoms with E-state index in [0.29, 0.717) is 0 Å². The largest absolute Gasteiger partial charge is 0.456 e. The van der Waals surface area contributed by atoms with E-state index < -0.39 is 10.8 Å². The minimum Gasteiger partial charge on any atom is -0.456 e. The smallest absolute Gasteiger partial charge is 0.135 e. The van der Waals surface area contributed by atoms with E-state index in [9.17, 15) is 0 Å². The van der Waals surface area contributed by atoms with E-state index in [2.05, 4.69) is 295 Å². The summed E-state index contributed by atoms with van der Waals surface area (Å²) in [6.07, 6.45) is 0.